The summed E-state index contributed by atoms with van der Waals surface area (Å²) in [7, 11) is -1.91. The fraction of sp³-hybridized carbons (Fsp3) is 0.615. The molecule has 0 bridgehead atoms. The Balaban J connectivity index is 2.09. The summed E-state index contributed by atoms with van der Waals surface area (Å²) in [5.41, 5.74) is -0.146. The van der Waals surface area contributed by atoms with Gasteiger partial charge in [0.1, 0.15) is 4.90 Å². The molecule has 1 saturated heterocycles. The highest BCUT2D eigenvalue weighted by Crippen LogP contribution is 2.29. The number of aromatic nitrogens is 1. The standard InChI is InChI=1S/C13H20BrN3O3S/c1-20-10-13(2-4-15-5-3-13)9-17-21(18,19)12-6-11(14)7-16-8-12/h6-8,15,17H,2-5,9-10H2,1H3. The highest BCUT2D eigenvalue weighted by atomic mass is 79.9. The molecule has 2 heterocycles. The number of halogens is 1. The molecule has 0 aromatic carbocycles. The number of methoxy groups -OCH3 is 1. The molecule has 6 nitrogen and oxygen atoms in total. The molecule has 1 aliphatic heterocycles. The van der Waals surface area contributed by atoms with Gasteiger partial charge in [0.15, 0.2) is 0 Å². The van der Waals surface area contributed by atoms with Gasteiger partial charge in [0.05, 0.1) is 6.61 Å². The van der Waals surface area contributed by atoms with E-state index in [1.165, 1.54) is 6.20 Å². The van der Waals surface area contributed by atoms with Crippen molar-refractivity contribution < 1.29 is 13.2 Å². The van der Waals surface area contributed by atoms with Gasteiger partial charge >= 0.3 is 0 Å². The SMILES string of the molecule is COCC1(CNS(=O)(=O)c2cncc(Br)c2)CCNCC1. The maximum absolute atomic E-state index is 12.3. The van der Waals surface area contributed by atoms with Crippen LogP contribution in [-0.2, 0) is 14.8 Å². The third kappa shape index (κ3) is 4.46. The molecule has 118 valence electrons. The van der Waals surface area contributed by atoms with Gasteiger partial charge in [0.25, 0.3) is 0 Å². The Bertz CT molecular complexity index is 568. The van der Waals surface area contributed by atoms with Crippen LogP contribution in [0.15, 0.2) is 27.8 Å². The van der Waals surface area contributed by atoms with Crippen LogP contribution in [0.5, 0.6) is 0 Å². The van der Waals surface area contributed by atoms with Crippen LogP contribution in [0.1, 0.15) is 12.8 Å². The van der Waals surface area contributed by atoms with E-state index in [4.69, 9.17) is 4.74 Å². The minimum Gasteiger partial charge on any atom is -0.384 e. The topological polar surface area (TPSA) is 80.3 Å². The zero-order valence-electron chi connectivity index (χ0n) is 11.9. The van der Waals surface area contributed by atoms with E-state index >= 15 is 0 Å². The second-order valence-electron chi connectivity index (χ2n) is 5.35. The van der Waals surface area contributed by atoms with Crippen LogP contribution in [0.25, 0.3) is 0 Å². The van der Waals surface area contributed by atoms with Crippen LogP contribution in [0.2, 0.25) is 0 Å². The van der Waals surface area contributed by atoms with Gasteiger partial charge < -0.3 is 10.1 Å². The molecule has 1 aliphatic rings. The van der Waals surface area contributed by atoms with Gasteiger partial charge in [-0.05, 0) is 47.9 Å². The monoisotopic (exact) mass is 377 g/mol. The minimum atomic E-state index is -3.56. The number of piperidine rings is 1. The number of ether oxygens (including phenoxy) is 1. The summed E-state index contributed by atoms with van der Waals surface area (Å²) in [6.07, 6.45) is 4.68. The van der Waals surface area contributed by atoms with Crippen LogP contribution in [0.3, 0.4) is 0 Å². The molecule has 1 aromatic heterocycles. The van der Waals surface area contributed by atoms with E-state index in [1.54, 1.807) is 19.4 Å². The predicted molar refractivity (Wildman–Crippen MR) is 83.5 cm³/mol. The summed E-state index contributed by atoms with van der Waals surface area (Å²) >= 11 is 3.23. The van der Waals surface area contributed by atoms with Crippen molar-refractivity contribution in [1.29, 1.82) is 0 Å². The zero-order chi connectivity index (χ0) is 15.3. The summed E-state index contributed by atoms with van der Waals surface area (Å²) in [6, 6.07) is 1.54. The van der Waals surface area contributed by atoms with Crippen LogP contribution in [-0.4, -0.2) is 46.8 Å². The van der Waals surface area contributed by atoms with Gasteiger partial charge in [-0.15, -0.1) is 0 Å². The Hall–Kier alpha value is -0.540. The van der Waals surface area contributed by atoms with Gasteiger partial charge in [-0.1, -0.05) is 0 Å². The predicted octanol–water partition coefficient (Wildman–Crippen LogP) is 1.14. The number of nitrogens with zero attached hydrogens (tertiary/aromatic N) is 1. The quantitative estimate of drug-likeness (QED) is 0.776. The minimum absolute atomic E-state index is 0.146. The summed E-state index contributed by atoms with van der Waals surface area (Å²) in [4.78, 5) is 4.06. The number of hydrogen-bond acceptors (Lipinski definition) is 5. The molecule has 21 heavy (non-hydrogen) atoms. The van der Waals surface area contributed by atoms with Gasteiger partial charge in [0.2, 0.25) is 10.0 Å². The first-order valence-corrected chi connectivity index (χ1v) is 9.05. The third-order valence-electron chi connectivity index (χ3n) is 3.74. The van der Waals surface area contributed by atoms with E-state index in [1.807, 2.05) is 0 Å². The lowest BCUT2D eigenvalue weighted by molar-refractivity contribution is 0.0577. The molecule has 0 amide bonds. The van der Waals surface area contributed by atoms with E-state index in [0.717, 1.165) is 25.9 Å². The second kappa shape index (κ2) is 7.15. The molecular formula is C13H20BrN3O3S. The van der Waals surface area contributed by atoms with Crippen molar-refractivity contribution in [2.45, 2.75) is 17.7 Å². The molecular weight excluding hydrogens is 358 g/mol. The van der Waals surface area contributed by atoms with Crippen molar-refractivity contribution in [2.24, 2.45) is 5.41 Å². The van der Waals surface area contributed by atoms with Crippen LogP contribution in [0, 0.1) is 5.41 Å². The van der Waals surface area contributed by atoms with E-state index in [2.05, 4.69) is 31.0 Å². The summed E-state index contributed by atoms with van der Waals surface area (Å²) in [5, 5.41) is 3.29. The molecule has 0 spiro atoms. The molecule has 2 N–H and O–H groups in total. The lowest BCUT2D eigenvalue weighted by Crippen LogP contribution is -2.47. The van der Waals surface area contributed by atoms with Gasteiger partial charge in [0, 0.05) is 35.9 Å². The molecule has 0 aliphatic carbocycles. The first-order chi connectivity index (χ1) is 9.97. The number of rotatable bonds is 6. The highest BCUT2D eigenvalue weighted by Gasteiger charge is 2.33. The van der Waals surface area contributed by atoms with Crippen molar-refractivity contribution in [1.82, 2.24) is 15.0 Å². The molecule has 2 rings (SSSR count). The van der Waals surface area contributed by atoms with Crippen molar-refractivity contribution in [2.75, 3.05) is 33.4 Å². The largest absolute Gasteiger partial charge is 0.384 e. The maximum atomic E-state index is 12.3. The molecule has 0 atom stereocenters. The second-order valence-corrected chi connectivity index (χ2v) is 8.03. The summed E-state index contributed by atoms with van der Waals surface area (Å²) in [5.74, 6) is 0. The lowest BCUT2D eigenvalue weighted by Gasteiger charge is -2.37. The van der Waals surface area contributed by atoms with Crippen LogP contribution < -0.4 is 10.0 Å². The average Bonchev–Trinajstić information content (AvgIpc) is 2.47. The van der Waals surface area contributed by atoms with Crippen molar-refractivity contribution >= 4 is 26.0 Å². The molecule has 1 fully saturated rings. The molecule has 0 unspecified atom stereocenters. The first-order valence-electron chi connectivity index (χ1n) is 6.77. The molecule has 0 saturated carbocycles. The zero-order valence-corrected chi connectivity index (χ0v) is 14.3. The van der Waals surface area contributed by atoms with Crippen molar-refractivity contribution in [3.8, 4) is 0 Å². The summed E-state index contributed by atoms with van der Waals surface area (Å²) in [6.45, 7) is 2.68. The van der Waals surface area contributed by atoms with Gasteiger partial charge in [-0.2, -0.15) is 0 Å². The summed E-state index contributed by atoms with van der Waals surface area (Å²) < 4.78 is 33.3. The molecule has 1 aromatic rings. The fourth-order valence-electron chi connectivity index (χ4n) is 2.51. The van der Waals surface area contributed by atoms with Crippen LogP contribution >= 0.6 is 15.9 Å². The first kappa shape index (κ1) is 16.8. The smallest absolute Gasteiger partial charge is 0.242 e. The molecule has 8 heteroatoms. The van der Waals surface area contributed by atoms with Gasteiger partial charge in [-0.25, -0.2) is 13.1 Å². The van der Waals surface area contributed by atoms with Crippen LogP contribution in [0.4, 0.5) is 0 Å². The Kier molecular flexibility index (Phi) is 5.73. The third-order valence-corrected chi connectivity index (χ3v) is 5.54. The molecule has 0 radical (unpaired) electrons. The van der Waals surface area contributed by atoms with E-state index in [9.17, 15) is 8.42 Å². The number of hydrogen-bond donors (Lipinski definition) is 2. The fourth-order valence-corrected chi connectivity index (χ4v) is 4.17. The van der Waals surface area contributed by atoms with Crippen molar-refractivity contribution in [3.63, 3.8) is 0 Å². The average molecular weight is 378 g/mol. The Morgan fingerprint density at radius 3 is 2.76 bits per heavy atom. The normalized spacial score (nSPS) is 18.6. The number of nitrogens with one attached hydrogen (secondary N) is 2. The van der Waals surface area contributed by atoms with E-state index < -0.39 is 10.0 Å². The number of pyridine rings is 1. The maximum Gasteiger partial charge on any atom is 0.242 e. The van der Waals surface area contributed by atoms with Gasteiger partial charge in [-0.3, -0.25) is 4.98 Å². The Labute approximate surface area is 133 Å². The Morgan fingerprint density at radius 1 is 1.43 bits per heavy atom. The van der Waals surface area contributed by atoms with E-state index in [0.29, 0.717) is 17.6 Å². The Morgan fingerprint density at radius 2 is 2.14 bits per heavy atom. The number of sulfonamides is 1. The highest BCUT2D eigenvalue weighted by molar-refractivity contribution is 9.10. The van der Waals surface area contributed by atoms with E-state index in [-0.39, 0.29) is 10.3 Å². The van der Waals surface area contributed by atoms with Crippen molar-refractivity contribution in [3.05, 3.63) is 22.9 Å². The lowest BCUT2D eigenvalue weighted by atomic mass is 9.80.